The molecule has 8 nitrogen and oxygen atoms in total. The van der Waals surface area contributed by atoms with Gasteiger partial charge in [-0.3, -0.25) is 10.1 Å². The minimum Gasteiger partial charge on any atom is -0.393 e. The zero-order valence-corrected chi connectivity index (χ0v) is 12.9. The molecule has 0 aliphatic heterocycles. The van der Waals surface area contributed by atoms with Gasteiger partial charge in [-0.1, -0.05) is 19.9 Å². The topological polar surface area (TPSA) is 125 Å². The second-order valence-electron chi connectivity index (χ2n) is 4.88. The molecule has 1 aromatic rings. The van der Waals surface area contributed by atoms with E-state index < -0.39 is 31.6 Å². The number of nitro groups is 1. The Morgan fingerprint density at radius 2 is 2.05 bits per heavy atom. The van der Waals surface area contributed by atoms with Crippen LogP contribution in [0.2, 0.25) is 0 Å². The van der Waals surface area contributed by atoms with Crippen molar-refractivity contribution in [3.8, 4) is 0 Å². The lowest BCUT2D eigenvalue weighted by molar-refractivity contribution is -0.386. The normalized spacial score (nSPS) is 13.3. The zero-order chi connectivity index (χ0) is 16.2. The smallest absolute Gasteiger partial charge is 0.312 e. The van der Waals surface area contributed by atoms with Crippen LogP contribution < -0.4 is 10.5 Å². The van der Waals surface area contributed by atoms with Gasteiger partial charge in [-0.25, -0.2) is 13.1 Å². The van der Waals surface area contributed by atoms with Gasteiger partial charge >= 0.3 is 5.69 Å². The first-order valence-electron chi connectivity index (χ1n) is 6.24. The van der Waals surface area contributed by atoms with Gasteiger partial charge in [0.2, 0.25) is 10.0 Å². The summed E-state index contributed by atoms with van der Waals surface area (Å²) in [6.45, 7) is 3.80. The molecule has 0 spiro atoms. The summed E-state index contributed by atoms with van der Waals surface area (Å²) in [5.74, 6) is -0.0418. The summed E-state index contributed by atoms with van der Waals surface area (Å²) >= 11 is 0. The van der Waals surface area contributed by atoms with Crippen LogP contribution in [0.4, 0.5) is 11.4 Å². The van der Waals surface area contributed by atoms with Crippen LogP contribution in [0.25, 0.3) is 0 Å². The van der Waals surface area contributed by atoms with Crippen molar-refractivity contribution in [1.82, 2.24) is 4.72 Å². The number of nitro benzene ring substituents is 1. The first-order valence-corrected chi connectivity index (χ1v) is 7.73. The molecule has 118 valence electrons. The van der Waals surface area contributed by atoms with E-state index in [9.17, 15) is 18.5 Å². The van der Waals surface area contributed by atoms with E-state index in [1.54, 1.807) is 0 Å². The van der Waals surface area contributed by atoms with E-state index in [1.165, 1.54) is 19.2 Å². The van der Waals surface area contributed by atoms with Crippen LogP contribution in [0.5, 0.6) is 0 Å². The summed E-state index contributed by atoms with van der Waals surface area (Å²) in [6.07, 6.45) is 0. The molecular formula is C12H19N3O5S. The lowest BCUT2D eigenvalue weighted by Gasteiger charge is -2.21. The number of ether oxygens (including phenoxy) is 1. The molecule has 0 aliphatic rings. The second-order valence-corrected chi connectivity index (χ2v) is 6.56. The van der Waals surface area contributed by atoms with Crippen molar-refractivity contribution in [2.24, 2.45) is 5.92 Å². The fourth-order valence-corrected chi connectivity index (χ4v) is 3.33. The average molecular weight is 317 g/mol. The number of anilines is 1. The molecule has 9 heteroatoms. The first-order chi connectivity index (χ1) is 9.70. The van der Waals surface area contributed by atoms with Gasteiger partial charge in [0.1, 0.15) is 5.69 Å². The summed E-state index contributed by atoms with van der Waals surface area (Å²) in [6, 6.07) is 3.30. The number of hydrogen-bond acceptors (Lipinski definition) is 6. The predicted octanol–water partition coefficient (Wildman–Crippen LogP) is 1.13. The predicted molar refractivity (Wildman–Crippen MR) is 78.3 cm³/mol. The quantitative estimate of drug-likeness (QED) is 0.441. The SMILES string of the molecule is COCC(NS(=O)(=O)c1cccc(N)c1[N+](=O)[O-])C(C)C. The summed E-state index contributed by atoms with van der Waals surface area (Å²) < 4.78 is 32.1. The largest absolute Gasteiger partial charge is 0.393 e. The van der Waals surface area contributed by atoms with Gasteiger partial charge in [-0.05, 0) is 18.1 Å². The standard InChI is InChI=1S/C12H19N3O5S/c1-8(2)10(7-20-3)14-21(18,19)11-6-4-5-9(13)12(11)15(16)17/h4-6,8,10,14H,7,13H2,1-3H3. The summed E-state index contributed by atoms with van der Waals surface area (Å²) in [4.78, 5) is 9.79. The number of para-hydroxylation sites is 1. The van der Waals surface area contributed by atoms with Crippen LogP contribution in [-0.4, -0.2) is 33.1 Å². The third-order valence-electron chi connectivity index (χ3n) is 2.96. The van der Waals surface area contributed by atoms with Crippen molar-refractivity contribution in [2.75, 3.05) is 19.5 Å². The highest BCUT2D eigenvalue weighted by Crippen LogP contribution is 2.29. The van der Waals surface area contributed by atoms with Crippen molar-refractivity contribution in [1.29, 1.82) is 0 Å². The molecule has 1 atom stereocenters. The van der Waals surface area contributed by atoms with Crippen molar-refractivity contribution >= 4 is 21.4 Å². The fourth-order valence-electron chi connectivity index (χ4n) is 1.76. The number of benzene rings is 1. The Hall–Kier alpha value is -1.71. The van der Waals surface area contributed by atoms with Gasteiger partial charge in [-0.15, -0.1) is 0 Å². The third-order valence-corrected chi connectivity index (χ3v) is 4.48. The van der Waals surface area contributed by atoms with Crippen LogP contribution in [0, 0.1) is 16.0 Å². The molecular weight excluding hydrogens is 298 g/mol. The van der Waals surface area contributed by atoms with Crippen LogP contribution in [0.3, 0.4) is 0 Å². The number of nitrogen functional groups attached to an aromatic ring is 1. The monoisotopic (exact) mass is 317 g/mol. The molecule has 1 aromatic carbocycles. The molecule has 0 radical (unpaired) electrons. The van der Waals surface area contributed by atoms with E-state index in [1.807, 2.05) is 13.8 Å². The fraction of sp³-hybridized carbons (Fsp3) is 0.500. The molecule has 0 aliphatic carbocycles. The van der Waals surface area contributed by atoms with Gasteiger partial charge in [0.25, 0.3) is 0 Å². The summed E-state index contributed by atoms with van der Waals surface area (Å²) in [5, 5.41) is 11.0. The number of sulfonamides is 1. The van der Waals surface area contributed by atoms with E-state index >= 15 is 0 Å². The van der Waals surface area contributed by atoms with E-state index in [-0.39, 0.29) is 18.2 Å². The van der Waals surface area contributed by atoms with Gasteiger partial charge in [0.05, 0.1) is 11.5 Å². The van der Waals surface area contributed by atoms with Crippen LogP contribution in [0.1, 0.15) is 13.8 Å². The van der Waals surface area contributed by atoms with Gasteiger partial charge in [0, 0.05) is 13.2 Å². The molecule has 1 unspecified atom stereocenters. The third kappa shape index (κ3) is 4.13. The minimum atomic E-state index is -4.08. The van der Waals surface area contributed by atoms with E-state index in [0.717, 1.165) is 6.07 Å². The number of rotatable bonds is 7. The van der Waals surface area contributed by atoms with E-state index in [2.05, 4.69) is 4.72 Å². The molecule has 0 aromatic heterocycles. The highest BCUT2D eigenvalue weighted by atomic mass is 32.2. The number of nitrogens with two attached hydrogens (primary N) is 1. The molecule has 0 bridgehead atoms. The molecule has 0 heterocycles. The van der Waals surface area contributed by atoms with E-state index in [0.29, 0.717) is 0 Å². The lowest BCUT2D eigenvalue weighted by Crippen LogP contribution is -2.41. The lowest BCUT2D eigenvalue weighted by atomic mass is 10.1. The number of hydrogen-bond donors (Lipinski definition) is 2. The highest BCUT2D eigenvalue weighted by molar-refractivity contribution is 7.89. The van der Waals surface area contributed by atoms with Crippen LogP contribution in [-0.2, 0) is 14.8 Å². The Kier molecular flexibility index (Phi) is 5.64. The maximum atomic E-state index is 12.4. The molecule has 0 fully saturated rings. The van der Waals surface area contributed by atoms with Gasteiger partial charge in [0.15, 0.2) is 4.90 Å². The average Bonchev–Trinajstić information content (AvgIpc) is 2.37. The Bertz CT molecular complexity index is 615. The molecule has 1 rings (SSSR count). The van der Waals surface area contributed by atoms with Gasteiger partial charge < -0.3 is 10.5 Å². The zero-order valence-electron chi connectivity index (χ0n) is 12.1. The van der Waals surface area contributed by atoms with Crippen molar-refractivity contribution in [2.45, 2.75) is 24.8 Å². The second kappa shape index (κ2) is 6.83. The van der Waals surface area contributed by atoms with Crippen molar-refractivity contribution in [3.63, 3.8) is 0 Å². The number of methoxy groups -OCH3 is 1. The maximum absolute atomic E-state index is 12.4. The molecule has 0 amide bonds. The van der Waals surface area contributed by atoms with Crippen molar-refractivity contribution < 1.29 is 18.1 Å². The Morgan fingerprint density at radius 1 is 1.43 bits per heavy atom. The summed E-state index contributed by atoms with van der Waals surface area (Å²) in [7, 11) is -2.63. The molecule has 0 saturated carbocycles. The van der Waals surface area contributed by atoms with Gasteiger partial charge in [-0.2, -0.15) is 0 Å². The molecule has 21 heavy (non-hydrogen) atoms. The highest BCUT2D eigenvalue weighted by Gasteiger charge is 2.30. The Morgan fingerprint density at radius 3 is 2.52 bits per heavy atom. The summed E-state index contributed by atoms with van der Waals surface area (Å²) in [5.41, 5.74) is 4.69. The number of nitrogens with zero attached hydrogens (tertiary/aromatic N) is 1. The van der Waals surface area contributed by atoms with Crippen LogP contribution in [0.15, 0.2) is 23.1 Å². The maximum Gasteiger partial charge on any atom is 0.312 e. The minimum absolute atomic E-state index is 0.0418. The molecule has 3 N–H and O–H groups in total. The van der Waals surface area contributed by atoms with Crippen molar-refractivity contribution in [3.05, 3.63) is 28.3 Å². The molecule has 0 saturated heterocycles. The van der Waals surface area contributed by atoms with E-state index in [4.69, 9.17) is 10.5 Å². The Labute approximate surface area is 123 Å². The van der Waals surface area contributed by atoms with Crippen LogP contribution >= 0.6 is 0 Å². The first kappa shape index (κ1) is 17.3. The Balaban J connectivity index is 3.25. The number of nitrogens with one attached hydrogen (secondary N) is 1.